The lowest BCUT2D eigenvalue weighted by molar-refractivity contribution is -0.131. The van der Waals surface area contributed by atoms with E-state index in [-0.39, 0.29) is 30.2 Å². The molecule has 0 radical (unpaired) electrons. The van der Waals surface area contributed by atoms with E-state index >= 15 is 0 Å². The quantitative estimate of drug-likeness (QED) is 0.652. The molecule has 2 N–H and O–H groups in total. The maximum atomic E-state index is 13.3. The van der Waals surface area contributed by atoms with Crippen LogP contribution in [0.1, 0.15) is 18.1 Å². The molecule has 0 aliphatic carbocycles. The lowest BCUT2D eigenvalue weighted by atomic mass is 10.1. The largest absolute Gasteiger partial charge is 0.345 e. The van der Waals surface area contributed by atoms with Crippen LogP contribution >= 0.6 is 0 Å². The fraction of sp³-hybridized carbons (Fsp3) is 0.304. The number of amides is 4. The second-order valence-electron chi connectivity index (χ2n) is 8.12. The van der Waals surface area contributed by atoms with Crippen LogP contribution in [0, 0.1) is 0 Å². The molecule has 3 heterocycles. The standard InChI is InChI=1S/C23H22N4O4/c1-13-23(31)27-17-9-5-3-7-15(17)10-18(27)21(29)24-12-20(28)26-16-8-4-2-6-14(16)11-19(26)22(30)25-13/h2-9,13,18-19H,10-12H2,1H3,(H,24,29)(H,25,30)/t13-,18+,19-/m0/s1. The van der Waals surface area contributed by atoms with Crippen molar-refractivity contribution in [2.75, 3.05) is 16.3 Å². The Morgan fingerprint density at radius 2 is 1.32 bits per heavy atom. The number of hydrogen-bond donors (Lipinski definition) is 2. The molecule has 2 aromatic carbocycles. The Bertz CT molecular complexity index is 1110. The number of hydrogen-bond acceptors (Lipinski definition) is 4. The van der Waals surface area contributed by atoms with Gasteiger partial charge in [-0.3, -0.25) is 29.0 Å². The van der Waals surface area contributed by atoms with Crippen molar-refractivity contribution in [3.63, 3.8) is 0 Å². The van der Waals surface area contributed by atoms with E-state index in [2.05, 4.69) is 10.6 Å². The van der Waals surface area contributed by atoms with Gasteiger partial charge in [-0.2, -0.15) is 0 Å². The van der Waals surface area contributed by atoms with E-state index in [0.717, 1.165) is 11.1 Å². The number of anilines is 2. The maximum Gasteiger partial charge on any atom is 0.250 e. The van der Waals surface area contributed by atoms with Crippen LogP contribution in [0.2, 0.25) is 0 Å². The van der Waals surface area contributed by atoms with Gasteiger partial charge in [0, 0.05) is 24.2 Å². The number of fused-ring (bicyclic) bond motifs is 6. The van der Waals surface area contributed by atoms with Crippen molar-refractivity contribution in [1.82, 2.24) is 10.6 Å². The van der Waals surface area contributed by atoms with Gasteiger partial charge in [0.15, 0.2) is 0 Å². The molecule has 0 saturated carbocycles. The zero-order valence-electron chi connectivity index (χ0n) is 17.0. The van der Waals surface area contributed by atoms with Crippen LogP contribution < -0.4 is 20.4 Å². The van der Waals surface area contributed by atoms with E-state index in [0.29, 0.717) is 24.2 Å². The van der Waals surface area contributed by atoms with Crippen LogP contribution in [0.4, 0.5) is 11.4 Å². The number of nitrogens with one attached hydrogen (secondary N) is 2. The smallest absolute Gasteiger partial charge is 0.250 e. The second-order valence-corrected chi connectivity index (χ2v) is 8.12. The van der Waals surface area contributed by atoms with Gasteiger partial charge in [-0.1, -0.05) is 36.4 Å². The van der Waals surface area contributed by atoms with Crippen molar-refractivity contribution in [3.8, 4) is 0 Å². The molecule has 158 valence electrons. The van der Waals surface area contributed by atoms with Crippen molar-refractivity contribution in [1.29, 1.82) is 0 Å². The van der Waals surface area contributed by atoms with E-state index < -0.39 is 18.1 Å². The number of rotatable bonds is 0. The van der Waals surface area contributed by atoms with Gasteiger partial charge in [0.25, 0.3) is 0 Å². The molecule has 3 aliphatic rings. The number of benzene rings is 2. The molecule has 8 heteroatoms. The average molecular weight is 418 g/mol. The van der Waals surface area contributed by atoms with E-state index in [1.807, 2.05) is 30.3 Å². The Balaban J connectivity index is 1.52. The first-order chi connectivity index (χ1) is 15.0. The summed E-state index contributed by atoms with van der Waals surface area (Å²) in [4.78, 5) is 55.4. The Hall–Kier alpha value is -3.68. The number of nitrogens with zero attached hydrogens (tertiary/aromatic N) is 2. The molecule has 4 amide bonds. The van der Waals surface area contributed by atoms with Crippen molar-refractivity contribution in [2.45, 2.75) is 37.9 Å². The van der Waals surface area contributed by atoms with Crippen LogP contribution in [0.5, 0.6) is 0 Å². The zero-order valence-corrected chi connectivity index (χ0v) is 17.0. The summed E-state index contributed by atoms with van der Waals surface area (Å²) < 4.78 is 0. The van der Waals surface area contributed by atoms with Crippen molar-refractivity contribution in [3.05, 3.63) is 59.7 Å². The van der Waals surface area contributed by atoms with Crippen LogP contribution in [0.3, 0.4) is 0 Å². The zero-order chi connectivity index (χ0) is 21.7. The summed E-state index contributed by atoms with van der Waals surface area (Å²) in [5, 5.41) is 5.47. The van der Waals surface area contributed by atoms with Crippen LogP contribution in [0.25, 0.3) is 0 Å². The highest BCUT2D eigenvalue weighted by molar-refractivity contribution is 6.10. The summed E-state index contributed by atoms with van der Waals surface area (Å²) in [5.74, 6) is -1.49. The molecule has 8 nitrogen and oxygen atoms in total. The lowest BCUT2D eigenvalue weighted by Gasteiger charge is -2.31. The predicted molar refractivity (Wildman–Crippen MR) is 113 cm³/mol. The molecule has 1 saturated heterocycles. The molecule has 3 atom stereocenters. The summed E-state index contributed by atoms with van der Waals surface area (Å²) >= 11 is 0. The Labute approximate surface area is 179 Å². The highest BCUT2D eigenvalue weighted by Crippen LogP contribution is 2.34. The first-order valence-electron chi connectivity index (χ1n) is 10.3. The monoisotopic (exact) mass is 418 g/mol. The molecule has 0 aromatic heterocycles. The molecule has 0 spiro atoms. The number of carbonyl (C=O) groups is 4. The molecule has 0 unspecified atom stereocenters. The maximum absolute atomic E-state index is 13.3. The van der Waals surface area contributed by atoms with Gasteiger partial charge in [0.05, 0.1) is 6.54 Å². The first-order valence-corrected chi connectivity index (χ1v) is 10.3. The fourth-order valence-electron chi connectivity index (χ4n) is 4.72. The molecule has 1 fully saturated rings. The highest BCUT2D eigenvalue weighted by Gasteiger charge is 2.43. The van der Waals surface area contributed by atoms with Crippen molar-refractivity contribution in [2.24, 2.45) is 0 Å². The lowest BCUT2D eigenvalue weighted by Crippen LogP contribution is -2.59. The number of carbonyl (C=O) groups excluding carboxylic acids is 4. The SMILES string of the molecule is C[C@@H]1NC(=O)[C@@H]2Cc3ccccc3N2C(=O)CNC(=O)[C@H]2Cc3ccccc3N2C1=O. The van der Waals surface area contributed by atoms with Gasteiger partial charge in [-0.05, 0) is 30.2 Å². The second kappa shape index (κ2) is 7.23. The summed E-state index contributed by atoms with van der Waals surface area (Å²) in [6.45, 7) is 1.36. The summed E-state index contributed by atoms with van der Waals surface area (Å²) in [5.41, 5.74) is 3.08. The molecule has 5 rings (SSSR count). The van der Waals surface area contributed by atoms with Crippen molar-refractivity contribution >= 4 is 35.0 Å². The molecule has 0 bridgehead atoms. The Morgan fingerprint density at radius 3 is 1.97 bits per heavy atom. The van der Waals surface area contributed by atoms with Gasteiger partial charge in [0.2, 0.25) is 23.6 Å². The van der Waals surface area contributed by atoms with E-state index in [4.69, 9.17) is 0 Å². The molecular formula is C23H22N4O4. The highest BCUT2D eigenvalue weighted by atomic mass is 16.2. The summed E-state index contributed by atoms with van der Waals surface area (Å²) in [6.07, 6.45) is 0.718. The third-order valence-corrected chi connectivity index (χ3v) is 6.21. The normalized spacial score (nSPS) is 25.5. The predicted octanol–water partition coefficient (Wildman–Crippen LogP) is 0.537. The van der Waals surface area contributed by atoms with E-state index in [9.17, 15) is 19.2 Å². The van der Waals surface area contributed by atoms with E-state index in [1.165, 1.54) is 9.80 Å². The molecule has 3 aliphatic heterocycles. The van der Waals surface area contributed by atoms with Gasteiger partial charge >= 0.3 is 0 Å². The minimum absolute atomic E-state index is 0.249. The van der Waals surface area contributed by atoms with Crippen LogP contribution in [0.15, 0.2) is 48.5 Å². The fourth-order valence-corrected chi connectivity index (χ4v) is 4.72. The average Bonchev–Trinajstić information content (AvgIpc) is 3.35. The summed E-state index contributed by atoms with van der Waals surface area (Å²) in [6, 6.07) is 12.3. The first kappa shape index (κ1) is 19.3. The Morgan fingerprint density at radius 1 is 0.774 bits per heavy atom. The summed E-state index contributed by atoms with van der Waals surface area (Å²) in [7, 11) is 0. The van der Waals surface area contributed by atoms with Gasteiger partial charge < -0.3 is 10.6 Å². The van der Waals surface area contributed by atoms with Gasteiger partial charge in [0.1, 0.15) is 18.1 Å². The van der Waals surface area contributed by atoms with Crippen LogP contribution in [-0.2, 0) is 32.0 Å². The van der Waals surface area contributed by atoms with Crippen molar-refractivity contribution < 1.29 is 19.2 Å². The van der Waals surface area contributed by atoms with Gasteiger partial charge in [-0.15, -0.1) is 0 Å². The van der Waals surface area contributed by atoms with E-state index in [1.54, 1.807) is 25.1 Å². The third kappa shape index (κ3) is 3.06. The minimum atomic E-state index is -0.853. The molecule has 2 aromatic rings. The Kier molecular flexibility index (Phi) is 4.50. The molecule has 31 heavy (non-hydrogen) atoms. The molecular weight excluding hydrogens is 396 g/mol. The van der Waals surface area contributed by atoms with Gasteiger partial charge in [-0.25, -0.2) is 0 Å². The minimum Gasteiger partial charge on any atom is -0.345 e. The van der Waals surface area contributed by atoms with Crippen LogP contribution in [-0.4, -0.2) is 48.3 Å². The number of para-hydroxylation sites is 2. The third-order valence-electron chi connectivity index (χ3n) is 6.21. The topological polar surface area (TPSA) is 98.8 Å².